The lowest BCUT2D eigenvalue weighted by Gasteiger charge is -2.05. The number of anilines is 1. The Morgan fingerprint density at radius 1 is 1.22 bits per heavy atom. The first-order valence-corrected chi connectivity index (χ1v) is 8.31. The van der Waals surface area contributed by atoms with Crippen molar-refractivity contribution in [3.63, 3.8) is 0 Å². The number of benzene rings is 2. The average Bonchev–Trinajstić information content (AvgIpc) is 3.04. The number of rotatable bonds is 1. The van der Waals surface area contributed by atoms with E-state index in [1.165, 1.54) is 0 Å². The summed E-state index contributed by atoms with van der Waals surface area (Å²) in [6.45, 7) is 0. The number of guanidine groups is 1. The van der Waals surface area contributed by atoms with Crippen LogP contribution in [0.2, 0.25) is 5.02 Å². The molecule has 1 heterocycles. The van der Waals surface area contributed by atoms with Gasteiger partial charge in [-0.3, -0.25) is 0 Å². The Bertz CT molecular complexity index is 858. The number of aliphatic imine (C=N–C) groups is 2. The Hall–Kier alpha value is -2.24. The van der Waals surface area contributed by atoms with E-state index in [9.17, 15) is 0 Å². The number of fused-ring (bicyclic) bond motifs is 3. The molecule has 3 N–H and O–H groups in total. The Balaban J connectivity index is 1.54. The predicted octanol–water partition coefficient (Wildman–Crippen LogP) is 4.27. The largest absolute Gasteiger partial charge is 0.369 e. The topological polar surface area (TPSA) is 62.8 Å². The average molecular weight is 341 g/mol. The number of halogens is 1. The van der Waals surface area contributed by atoms with Gasteiger partial charge >= 0.3 is 0 Å². The van der Waals surface area contributed by atoms with Gasteiger partial charge in [0.2, 0.25) is 0 Å². The lowest BCUT2D eigenvalue weighted by molar-refractivity contribution is 0.931. The maximum atomic E-state index is 6.04. The van der Waals surface area contributed by atoms with E-state index in [2.05, 4.69) is 21.4 Å². The quantitative estimate of drug-likeness (QED) is 0.602. The fourth-order valence-corrected chi connectivity index (χ4v) is 3.79. The molecule has 2 aliphatic rings. The van der Waals surface area contributed by atoms with Gasteiger partial charge in [0.1, 0.15) is 6.04 Å². The van der Waals surface area contributed by atoms with Gasteiger partial charge in [0, 0.05) is 15.6 Å². The molecular weight excluding hydrogens is 328 g/mol. The number of nitrogens with one attached hydrogen (secondary N) is 1. The molecule has 4 rings (SSSR count). The number of thioether (sulfide) groups is 1. The van der Waals surface area contributed by atoms with Crippen molar-refractivity contribution in [1.29, 1.82) is 0 Å². The van der Waals surface area contributed by atoms with Crippen LogP contribution in [0.4, 0.5) is 5.69 Å². The summed E-state index contributed by atoms with van der Waals surface area (Å²) in [4.78, 5) is 10.2. The first-order valence-electron chi connectivity index (χ1n) is 7.12. The van der Waals surface area contributed by atoms with Gasteiger partial charge in [-0.1, -0.05) is 47.6 Å². The van der Waals surface area contributed by atoms with Crippen molar-refractivity contribution in [3.8, 4) is 0 Å². The lowest BCUT2D eigenvalue weighted by Crippen LogP contribution is -2.23. The highest BCUT2D eigenvalue weighted by atomic mass is 35.5. The smallest absolute Gasteiger partial charge is 0.200 e. The normalized spacial score (nSPS) is 19.0. The van der Waals surface area contributed by atoms with Crippen molar-refractivity contribution < 1.29 is 0 Å². The third-order valence-corrected chi connectivity index (χ3v) is 4.81. The summed E-state index contributed by atoms with van der Waals surface area (Å²) in [7, 11) is 0. The monoisotopic (exact) mass is 340 g/mol. The highest BCUT2D eigenvalue weighted by Crippen LogP contribution is 2.48. The number of nitrogens with two attached hydrogens (primary N) is 1. The van der Waals surface area contributed by atoms with Crippen LogP contribution in [-0.2, 0) is 0 Å². The van der Waals surface area contributed by atoms with Crippen molar-refractivity contribution in [2.45, 2.75) is 6.04 Å². The van der Waals surface area contributed by atoms with E-state index in [4.69, 9.17) is 17.3 Å². The van der Waals surface area contributed by atoms with Gasteiger partial charge in [-0.25, -0.2) is 4.99 Å². The van der Waals surface area contributed by atoms with Gasteiger partial charge in [-0.2, -0.15) is 4.99 Å². The molecule has 0 spiro atoms. The Labute approximate surface area is 143 Å². The van der Waals surface area contributed by atoms with Gasteiger partial charge in [0.25, 0.3) is 0 Å². The highest BCUT2D eigenvalue weighted by molar-refractivity contribution is 8.17. The molecular formula is C17H13ClN4S. The Morgan fingerprint density at radius 2 is 2.04 bits per heavy atom. The van der Waals surface area contributed by atoms with Crippen LogP contribution >= 0.6 is 23.4 Å². The van der Waals surface area contributed by atoms with E-state index in [1.54, 1.807) is 11.8 Å². The van der Waals surface area contributed by atoms with Crippen LogP contribution in [-0.4, -0.2) is 11.1 Å². The third kappa shape index (κ3) is 2.85. The predicted molar refractivity (Wildman–Crippen MR) is 98.9 cm³/mol. The molecule has 0 fully saturated rings. The van der Waals surface area contributed by atoms with Gasteiger partial charge in [0.15, 0.2) is 11.1 Å². The molecule has 1 aliphatic carbocycles. The van der Waals surface area contributed by atoms with Crippen LogP contribution in [0.25, 0.3) is 6.08 Å². The Morgan fingerprint density at radius 3 is 2.87 bits per heavy atom. The number of hydrogen-bond donors (Lipinski definition) is 2. The van der Waals surface area contributed by atoms with E-state index >= 15 is 0 Å². The fourth-order valence-electron chi connectivity index (χ4n) is 2.62. The minimum atomic E-state index is 0.0236. The highest BCUT2D eigenvalue weighted by Gasteiger charge is 2.31. The molecule has 0 saturated heterocycles. The lowest BCUT2D eigenvalue weighted by atomic mass is 10.1. The molecule has 4 nitrogen and oxygen atoms in total. The summed E-state index contributed by atoms with van der Waals surface area (Å²) in [5, 5.41) is 4.47. The molecule has 114 valence electrons. The van der Waals surface area contributed by atoms with Crippen molar-refractivity contribution >= 4 is 46.3 Å². The standard InChI is InChI=1S/C17H13ClN4S/c18-11-6-7-13-10(8-11)9-14-15(13)21-17(23-14)22-16(19)20-12-4-2-1-3-5-12/h1-9,15H,(H3,19,20,21,22). The van der Waals surface area contributed by atoms with Gasteiger partial charge < -0.3 is 11.1 Å². The molecule has 1 unspecified atom stereocenters. The van der Waals surface area contributed by atoms with Crippen molar-refractivity contribution in [1.82, 2.24) is 0 Å². The fraction of sp³-hybridized carbons (Fsp3) is 0.0588. The number of amidine groups is 1. The molecule has 6 heteroatoms. The van der Waals surface area contributed by atoms with E-state index in [0.717, 1.165) is 26.7 Å². The van der Waals surface area contributed by atoms with E-state index < -0.39 is 0 Å². The van der Waals surface area contributed by atoms with E-state index in [1.807, 2.05) is 48.5 Å². The van der Waals surface area contributed by atoms with Crippen LogP contribution in [0.3, 0.4) is 0 Å². The summed E-state index contributed by atoms with van der Waals surface area (Å²) in [6.07, 6.45) is 2.11. The summed E-state index contributed by atoms with van der Waals surface area (Å²) >= 11 is 7.58. The molecule has 2 aromatic carbocycles. The number of nitrogens with zero attached hydrogens (tertiary/aromatic N) is 2. The maximum Gasteiger partial charge on any atom is 0.200 e. The second kappa shape index (κ2) is 5.76. The second-order valence-electron chi connectivity index (χ2n) is 5.22. The molecule has 2 aromatic rings. The van der Waals surface area contributed by atoms with Crippen LogP contribution < -0.4 is 11.1 Å². The first-order chi connectivity index (χ1) is 11.2. The zero-order valence-corrected chi connectivity index (χ0v) is 13.6. The summed E-state index contributed by atoms with van der Waals surface area (Å²) in [5.41, 5.74) is 9.15. The van der Waals surface area contributed by atoms with E-state index in [0.29, 0.717) is 11.1 Å². The van der Waals surface area contributed by atoms with Crippen molar-refractivity contribution in [2.24, 2.45) is 15.7 Å². The summed E-state index contributed by atoms with van der Waals surface area (Å²) in [5.74, 6) is 0.333. The van der Waals surface area contributed by atoms with Crippen LogP contribution in [0.1, 0.15) is 17.2 Å². The van der Waals surface area contributed by atoms with E-state index in [-0.39, 0.29) is 6.04 Å². The van der Waals surface area contributed by atoms with Gasteiger partial charge in [-0.05, 0) is 41.5 Å². The number of hydrogen-bond acceptors (Lipinski definition) is 3. The van der Waals surface area contributed by atoms with Crippen molar-refractivity contribution in [2.75, 3.05) is 5.32 Å². The van der Waals surface area contributed by atoms with Gasteiger partial charge in [-0.15, -0.1) is 0 Å². The molecule has 0 bridgehead atoms. The molecule has 0 saturated carbocycles. The summed E-state index contributed by atoms with van der Waals surface area (Å²) in [6, 6.07) is 15.6. The zero-order valence-electron chi connectivity index (χ0n) is 12.0. The number of para-hydroxylation sites is 1. The zero-order chi connectivity index (χ0) is 15.8. The maximum absolute atomic E-state index is 6.04. The third-order valence-electron chi connectivity index (χ3n) is 3.62. The molecule has 1 atom stereocenters. The minimum absolute atomic E-state index is 0.0236. The first kappa shape index (κ1) is 14.4. The van der Waals surface area contributed by atoms with Crippen LogP contribution in [0.15, 0.2) is 63.4 Å². The summed E-state index contributed by atoms with van der Waals surface area (Å²) < 4.78 is 0. The van der Waals surface area contributed by atoms with Crippen LogP contribution in [0.5, 0.6) is 0 Å². The molecule has 0 amide bonds. The second-order valence-corrected chi connectivity index (χ2v) is 6.70. The Kier molecular flexibility index (Phi) is 3.59. The molecule has 0 radical (unpaired) electrons. The van der Waals surface area contributed by atoms with Crippen LogP contribution in [0, 0.1) is 0 Å². The van der Waals surface area contributed by atoms with Crippen molar-refractivity contribution in [3.05, 3.63) is 69.6 Å². The molecule has 0 aromatic heterocycles. The molecule has 1 aliphatic heterocycles. The minimum Gasteiger partial charge on any atom is -0.369 e. The molecule has 23 heavy (non-hydrogen) atoms. The van der Waals surface area contributed by atoms with Gasteiger partial charge in [0.05, 0.1) is 0 Å². The SMILES string of the molecule is NC(=NC1=NC2C(=Cc3cc(Cl)ccc32)S1)Nc1ccccc1.